The van der Waals surface area contributed by atoms with Gasteiger partial charge in [-0.2, -0.15) is 0 Å². The number of hydrogen-bond acceptors (Lipinski definition) is 0. The van der Waals surface area contributed by atoms with Crippen LogP contribution in [0.1, 0.15) is 43.0 Å². The Morgan fingerprint density at radius 3 is 2.17 bits per heavy atom. The predicted octanol–water partition coefficient (Wildman–Crippen LogP) is 5.31. The van der Waals surface area contributed by atoms with E-state index in [0.717, 1.165) is 0 Å². The van der Waals surface area contributed by atoms with E-state index >= 15 is 0 Å². The summed E-state index contributed by atoms with van der Waals surface area (Å²) in [7, 11) is 0. The van der Waals surface area contributed by atoms with E-state index in [9.17, 15) is 0 Å². The lowest BCUT2D eigenvalue weighted by Gasteiger charge is -2.49. The average Bonchev–Trinajstić information content (AvgIpc) is 2.63. The van der Waals surface area contributed by atoms with Crippen molar-refractivity contribution in [1.82, 2.24) is 0 Å². The molecular formula is C28H28B-. The molecule has 3 aromatic carbocycles. The van der Waals surface area contributed by atoms with Gasteiger partial charge in [-0.1, -0.05) is 102 Å². The summed E-state index contributed by atoms with van der Waals surface area (Å²) in [4.78, 5) is 0. The van der Waals surface area contributed by atoms with E-state index in [0.29, 0.717) is 6.35 Å². The zero-order valence-corrected chi connectivity index (χ0v) is 18.4. The third-order valence-corrected chi connectivity index (χ3v) is 7.07. The molecule has 0 amide bonds. The van der Waals surface area contributed by atoms with E-state index in [4.69, 9.17) is 0 Å². The molecule has 0 saturated heterocycles. The maximum absolute atomic E-state index is 2.49. The molecule has 3 aromatic rings. The highest BCUT2D eigenvalue weighted by Gasteiger charge is 2.34. The van der Waals surface area contributed by atoms with Gasteiger partial charge < -0.3 is 0 Å². The molecule has 1 atom stereocenters. The van der Waals surface area contributed by atoms with Gasteiger partial charge in [0.25, 0.3) is 0 Å². The van der Waals surface area contributed by atoms with E-state index in [2.05, 4.69) is 102 Å². The summed E-state index contributed by atoms with van der Waals surface area (Å²) in [5, 5.41) is 2.80. The van der Waals surface area contributed by atoms with Crippen LogP contribution in [0, 0.1) is 20.8 Å². The summed E-state index contributed by atoms with van der Waals surface area (Å²) in [6.45, 7) is 13.8. The summed E-state index contributed by atoms with van der Waals surface area (Å²) in [5.41, 5.74) is 12.8. The molecule has 0 fully saturated rings. The van der Waals surface area contributed by atoms with Gasteiger partial charge in [-0.3, -0.25) is 0 Å². The highest BCUT2D eigenvalue weighted by molar-refractivity contribution is 6.97. The Hall–Kier alpha value is -2.67. The van der Waals surface area contributed by atoms with Crippen LogP contribution in [0.5, 0.6) is 0 Å². The SMILES string of the molecule is CC1=CC2(C)C(=[B-](c3c(C)cc(C)cc3C)c3cccc4cccc2c34)C(C)=C1. The standard InChI is InChI=1S/C28H28B/c1-17-13-19(3)26(20(4)14-17)29-24-12-8-10-22-9-7-11-23(25(22)24)28(6)16-18(2)15-21(5)27(28)29/h7-16H,1-6H3/q-1. The maximum atomic E-state index is 2.49. The van der Waals surface area contributed by atoms with E-state index < -0.39 is 0 Å². The van der Waals surface area contributed by atoms with Crippen molar-refractivity contribution >= 4 is 33.5 Å². The molecule has 5 rings (SSSR count). The van der Waals surface area contributed by atoms with Gasteiger partial charge in [-0.05, 0) is 56.4 Å². The molecule has 0 bridgehead atoms. The molecule has 1 aliphatic heterocycles. The van der Waals surface area contributed by atoms with Crippen LogP contribution >= 0.6 is 0 Å². The van der Waals surface area contributed by atoms with Gasteiger partial charge in [0.05, 0.1) is 0 Å². The lowest BCUT2D eigenvalue weighted by molar-refractivity contribution is 0.813. The third kappa shape index (κ3) is 2.50. The van der Waals surface area contributed by atoms with E-state index in [-0.39, 0.29) is 5.41 Å². The molecule has 144 valence electrons. The number of rotatable bonds is 1. The van der Waals surface area contributed by atoms with Crippen molar-refractivity contribution in [2.75, 3.05) is 0 Å². The number of fused-ring (bicyclic) bond motifs is 2. The first-order valence-electron chi connectivity index (χ1n) is 10.7. The first-order chi connectivity index (χ1) is 13.8. The molecule has 1 unspecified atom stereocenters. The van der Waals surface area contributed by atoms with Crippen molar-refractivity contribution in [2.45, 2.75) is 47.0 Å². The number of hydrogen-bond donors (Lipinski definition) is 0. The van der Waals surface area contributed by atoms with Crippen molar-refractivity contribution < 1.29 is 0 Å². The number of benzene rings is 3. The van der Waals surface area contributed by atoms with Gasteiger partial charge in [-0.15, -0.1) is 0 Å². The van der Waals surface area contributed by atoms with Crippen molar-refractivity contribution in [2.24, 2.45) is 0 Å². The van der Waals surface area contributed by atoms with Gasteiger partial charge in [0.2, 0.25) is 0 Å². The predicted molar refractivity (Wildman–Crippen MR) is 129 cm³/mol. The third-order valence-electron chi connectivity index (χ3n) is 7.07. The molecule has 1 heterocycles. The zero-order valence-electron chi connectivity index (χ0n) is 18.4. The second kappa shape index (κ2) is 6.16. The van der Waals surface area contributed by atoms with Gasteiger partial charge >= 0.3 is 0 Å². The van der Waals surface area contributed by atoms with E-state index in [1.165, 1.54) is 55.1 Å². The maximum Gasteiger partial charge on any atom is -0.00249 e. The molecule has 0 aromatic heterocycles. The molecular weight excluding hydrogens is 347 g/mol. The van der Waals surface area contributed by atoms with Crippen LogP contribution in [-0.2, 0) is 5.41 Å². The molecule has 0 nitrogen and oxygen atoms in total. The monoisotopic (exact) mass is 375 g/mol. The highest BCUT2D eigenvalue weighted by Crippen LogP contribution is 2.40. The fraction of sp³-hybridized carbons (Fsp3) is 0.250. The summed E-state index contributed by atoms with van der Waals surface area (Å²) >= 11 is 0. The normalized spacial score (nSPS) is 20.5. The Morgan fingerprint density at radius 2 is 1.48 bits per heavy atom. The molecule has 0 radical (unpaired) electrons. The highest BCUT2D eigenvalue weighted by atomic mass is 14.4. The van der Waals surface area contributed by atoms with Crippen LogP contribution in [-0.4, -0.2) is 11.8 Å². The van der Waals surface area contributed by atoms with Crippen LogP contribution in [0.3, 0.4) is 0 Å². The second-order valence-corrected chi connectivity index (χ2v) is 9.33. The van der Waals surface area contributed by atoms with Gasteiger partial charge in [0.1, 0.15) is 0 Å². The first kappa shape index (κ1) is 18.4. The molecule has 1 heteroatoms. The summed E-state index contributed by atoms with van der Waals surface area (Å²) in [5.74, 6) is 0. The summed E-state index contributed by atoms with van der Waals surface area (Å²) in [6.07, 6.45) is 5.16. The Morgan fingerprint density at radius 1 is 0.828 bits per heavy atom. The van der Waals surface area contributed by atoms with Crippen LogP contribution < -0.4 is 10.9 Å². The summed E-state index contributed by atoms with van der Waals surface area (Å²) < 4.78 is 0. The van der Waals surface area contributed by atoms with Crippen molar-refractivity contribution in [1.29, 1.82) is 0 Å². The Bertz CT molecular complexity index is 1270. The van der Waals surface area contributed by atoms with Crippen LogP contribution in [0.4, 0.5) is 0 Å². The molecule has 0 saturated carbocycles. The average molecular weight is 375 g/mol. The molecule has 0 N–H and O–H groups in total. The number of aryl methyl sites for hydroxylation is 3. The fourth-order valence-electron chi connectivity index (χ4n) is 6.30. The molecule has 2 aliphatic rings. The van der Waals surface area contributed by atoms with Crippen molar-refractivity contribution in [3.8, 4) is 0 Å². The Balaban J connectivity index is 2.03. The zero-order chi connectivity index (χ0) is 20.5. The van der Waals surface area contributed by atoms with E-state index in [1.54, 1.807) is 5.46 Å². The lowest BCUT2D eigenvalue weighted by atomic mass is 9.38. The smallest absolute Gasteiger partial charge is 0.00249 e. The minimum Gasteiger partial charge on any atom is -0.228 e. The van der Waals surface area contributed by atoms with Crippen LogP contribution in [0.15, 0.2) is 71.8 Å². The second-order valence-electron chi connectivity index (χ2n) is 9.33. The topological polar surface area (TPSA) is 0 Å². The van der Waals surface area contributed by atoms with Gasteiger partial charge in [0.15, 0.2) is 0 Å². The minimum atomic E-state index is -0.0782. The lowest BCUT2D eigenvalue weighted by Crippen LogP contribution is -2.54. The van der Waals surface area contributed by atoms with E-state index in [1.807, 2.05) is 0 Å². The molecule has 29 heavy (non-hydrogen) atoms. The summed E-state index contributed by atoms with van der Waals surface area (Å²) in [6, 6.07) is 18.4. The van der Waals surface area contributed by atoms with Crippen LogP contribution in [0.25, 0.3) is 10.8 Å². The molecule has 0 spiro atoms. The Labute approximate surface area is 174 Å². The molecule has 1 aliphatic carbocycles. The fourth-order valence-corrected chi connectivity index (χ4v) is 6.30. The first-order valence-corrected chi connectivity index (χ1v) is 10.7. The van der Waals surface area contributed by atoms with Gasteiger partial charge in [-0.25, -0.2) is 16.4 Å². The minimum absolute atomic E-state index is 0.0782. The Kier molecular flexibility index (Phi) is 3.90. The van der Waals surface area contributed by atoms with Crippen molar-refractivity contribution in [3.63, 3.8) is 0 Å². The largest absolute Gasteiger partial charge is 0.228 e. The van der Waals surface area contributed by atoms with Gasteiger partial charge in [0, 0.05) is 0 Å². The number of allylic oxidation sites excluding steroid dienone is 4. The quantitative estimate of drug-likeness (QED) is 0.506. The van der Waals surface area contributed by atoms with Crippen molar-refractivity contribution in [3.05, 3.63) is 94.1 Å². The van der Waals surface area contributed by atoms with Crippen LogP contribution in [0.2, 0.25) is 0 Å².